The van der Waals surface area contributed by atoms with Gasteiger partial charge in [-0.2, -0.15) is 0 Å². The second-order valence-electron chi connectivity index (χ2n) is 8.21. The number of thiazole rings is 1. The van der Waals surface area contributed by atoms with Gasteiger partial charge in [-0.05, 0) is 55.8 Å². The number of hydrogen-bond donors (Lipinski definition) is 1. The molecular formula is C25H29N3O3S. The molecule has 6 nitrogen and oxygen atoms in total. The fraction of sp³-hybridized carbons (Fsp3) is 0.400. The van der Waals surface area contributed by atoms with Gasteiger partial charge < -0.3 is 15.0 Å². The quantitative estimate of drug-likeness (QED) is 0.433. The molecule has 0 spiro atoms. The predicted molar refractivity (Wildman–Crippen MR) is 130 cm³/mol. The van der Waals surface area contributed by atoms with E-state index in [1.54, 1.807) is 16.2 Å². The minimum Gasteiger partial charge on any atom is -0.494 e. The molecular weight excluding hydrogens is 422 g/mol. The van der Waals surface area contributed by atoms with Crippen molar-refractivity contribution in [3.05, 3.63) is 47.5 Å². The smallest absolute Gasteiger partial charge is 0.229 e. The molecule has 32 heavy (non-hydrogen) atoms. The number of aromatic nitrogens is 1. The number of fused-ring (bicyclic) bond motifs is 1. The molecule has 0 saturated carbocycles. The number of hydrogen-bond acceptors (Lipinski definition) is 5. The molecule has 1 fully saturated rings. The lowest BCUT2D eigenvalue weighted by Crippen LogP contribution is -2.28. The Morgan fingerprint density at radius 3 is 2.78 bits per heavy atom. The molecule has 168 valence electrons. The monoisotopic (exact) mass is 451 g/mol. The van der Waals surface area contributed by atoms with Gasteiger partial charge >= 0.3 is 0 Å². The van der Waals surface area contributed by atoms with E-state index in [1.165, 1.54) is 19.3 Å². The maximum Gasteiger partial charge on any atom is 0.229 e. The Balaban J connectivity index is 1.32. The zero-order valence-corrected chi connectivity index (χ0v) is 19.4. The lowest BCUT2D eigenvalue weighted by atomic mass is 10.1. The van der Waals surface area contributed by atoms with Crippen LogP contribution in [0.2, 0.25) is 0 Å². The van der Waals surface area contributed by atoms with Gasteiger partial charge in [0.2, 0.25) is 11.8 Å². The molecule has 2 aromatic carbocycles. The summed E-state index contributed by atoms with van der Waals surface area (Å²) in [6.45, 7) is 5.24. The van der Waals surface area contributed by atoms with E-state index in [4.69, 9.17) is 4.74 Å². The SMILES string of the molecule is CCCCCCOc1ccc(NC(=O)C2CC(=O)N(c3ccc4sc(C)nc4c3)C2)cc1. The van der Waals surface area contributed by atoms with Crippen molar-refractivity contribution in [2.45, 2.75) is 46.0 Å². The number of benzene rings is 2. The molecule has 7 heteroatoms. The predicted octanol–water partition coefficient (Wildman–Crippen LogP) is 5.56. The number of carbonyl (C=O) groups is 2. The summed E-state index contributed by atoms with van der Waals surface area (Å²) >= 11 is 1.63. The molecule has 1 saturated heterocycles. The van der Waals surface area contributed by atoms with Gasteiger partial charge in [0, 0.05) is 24.3 Å². The van der Waals surface area contributed by atoms with E-state index in [9.17, 15) is 9.59 Å². The van der Waals surface area contributed by atoms with Crippen LogP contribution in [-0.2, 0) is 9.59 Å². The lowest BCUT2D eigenvalue weighted by molar-refractivity contribution is -0.122. The summed E-state index contributed by atoms with van der Waals surface area (Å²) < 4.78 is 6.85. The van der Waals surface area contributed by atoms with E-state index in [1.807, 2.05) is 49.4 Å². The van der Waals surface area contributed by atoms with Crippen LogP contribution in [0.1, 0.15) is 44.0 Å². The van der Waals surface area contributed by atoms with E-state index in [0.717, 1.165) is 33.1 Å². The summed E-state index contributed by atoms with van der Waals surface area (Å²) in [6, 6.07) is 13.3. The molecule has 1 aromatic heterocycles. The van der Waals surface area contributed by atoms with Crippen molar-refractivity contribution in [1.29, 1.82) is 0 Å². The van der Waals surface area contributed by atoms with Crippen molar-refractivity contribution in [1.82, 2.24) is 4.98 Å². The molecule has 1 aliphatic heterocycles. The summed E-state index contributed by atoms with van der Waals surface area (Å²) in [5.74, 6) is 0.238. The highest BCUT2D eigenvalue weighted by molar-refractivity contribution is 7.18. The van der Waals surface area contributed by atoms with Crippen molar-refractivity contribution in [3.63, 3.8) is 0 Å². The van der Waals surface area contributed by atoms with Crippen LogP contribution in [0.5, 0.6) is 5.75 Å². The minimum atomic E-state index is -0.384. The van der Waals surface area contributed by atoms with Crippen LogP contribution in [0.25, 0.3) is 10.2 Å². The fourth-order valence-corrected chi connectivity index (χ4v) is 4.74. The van der Waals surface area contributed by atoms with Crippen molar-refractivity contribution in [2.24, 2.45) is 5.92 Å². The molecule has 0 radical (unpaired) electrons. The number of ether oxygens (including phenoxy) is 1. The number of carbonyl (C=O) groups excluding carboxylic acids is 2. The number of unbranched alkanes of at least 4 members (excludes halogenated alkanes) is 3. The third-order valence-corrected chi connectivity index (χ3v) is 6.63. The zero-order chi connectivity index (χ0) is 22.5. The maximum atomic E-state index is 12.8. The molecule has 3 aromatic rings. The Kier molecular flexibility index (Phi) is 7.05. The number of nitrogens with one attached hydrogen (secondary N) is 1. The Hall–Kier alpha value is -2.93. The molecule has 0 bridgehead atoms. The first-order valence-corrected chi connectivity index (χ1v) is 12.1. The molecule has 1 atom stereocenters. The Labute approximate surface area is 192 Å². The van der Waals surface area contributed by atoms with Crippen LogP contribution >= 0.6 is 11.3 Å². The molecule has 1 aliphatic rings. The topological polar surface area (TPSA) is 71.5 Å². The van der Waals surface area contributed by atoms with Gasteiger partial charge in [0.25, 0.3) is 0 Å². The van der Waals surface area contributed by atoms with Crippen LogP contribution in [0.15, 0.2) is 42.5 Å². The normalized spacial score (nSPS) is 16.0. The second-order valence-corrected chi connectivity index (χ2v) is 9.45. The molecule has 2 amide bonds. The second kappa shape index (κ2) is 10.1. The summed E-state index contributed by atoms with van der Waals surface area (Å²) in [5.41, 5.74) is 2.39. The number of nitrogens with zero attached hydrogens (tertiary/aromatic N) is 2. The van der Waals surface area contributed by atoms with E-state index in [2.05, 4.69) is 17.2 Å². The molecule has 4 rings (SSSR count). The molecule has 0 aliphatic carbocycles. The first kappa shape index (κ1) is 22.3. The Morgan fingerprint density at radius 1 is 1.19 bits per heavy atom. The van der Waals surface area contributed by atoms with Crippen LogP contribution in [0, 0.1) is 12.8 Å². The van der Waals surface area contributed by atoms with Gasteiger partial charge in [-0.3, -0.25) is 9.59 Å². The van der Waals surface area contributed by atoms with Crippen molar-refractivity contribution >= 4 is 44.7 Å². The number of rotatable bonds is 9. The summed E-state index contributed by atoms with van der Waals surface area (Å²) in [4.78, 5) is 31.6. The lowest BCUT2D eigenvalue weighted by Gasteiger charge is -2.17. The third-order valence-electron chi connectivity index (χ3n) is 5.67. The summed E-state index contributed by atoms with van der Waals surface area (Å²) in [7, 11) is 0. The van der Waals surface area contributed by atoms with Crippen molar-refractivity contribution in [2.75, 3.05) is 23.4 Å². The number of aryl methyl sites for hydroxylation is 1. The summed E-state index contributed by atoms with van der Waals surface area (Å²) in [6.07, 6.45) is 4.87. The third kappa shape index (κ3) is 5.27. The molecule has 1 unspecified atom stereocenters. The standard InChI is InChI=1S/C25H29N3O3S/c1-3-4-5-6-13-31-21-10-7-19(8-11-21)27-25(30)18-14-24(29)28(16-18)20-9-12-23-22(15-20)26-17(2)32-23/h7-12,15,18H,3-6,13-14,16H2,1-2H3,(H,27,30). The largest absolute Gasteiger partial charge is 0.494 e. The zero-order valence-electron chi connectivity index (χ0n) is 18.6. The highest BCUT2D eigenvalue weighted by Gasteiger charge is 2.35. The van der Waals surface area contributed by atoms with Gasteiger partial charge in [-0.1, -0.05) is 26.2 Å². The van der Waals surface area contributed by atoms with E-state index < -0.39 is 0 Å². The number of anilines is 2. The van der Waals surface area contributed by atoms with Crippen molar-refractivity contribution in [3.8, 4) is 5.75 Å². The van der Waals surface area contributed by atoms with Crippen LogP contribution < -0.4 is 15.0 Å². The van der Waals surface area contributed by atoms with Gasteiger partial charge in [0.15, 0.2) is 0 Å². The Morgan fingerprint density at radius 2 is 2.00 bits per heavy atom. The van der Waals surface area contributed by atoms with Crippen LogP contribution in [-0.4, -0.2) is 29.9 Å². The van der Waals surface area contributed by atoms with E-state index in [0.29, 0.717) is 18.8 Å². The molecule has 1 N–H and O–H groups in total. The van der Waals surface area contributed by atoms with Crippen molar-refractivity contribution < 1.29 is 14.3 Å². The molecule has 2 heterocycles. The first-order valence-electron chi connectivity index (χ1n) is 11.2. The van der Waals surface area contributed by atoms with Gasteiger partial charge in [-0.15, -0.1) is 11.3 Å². The highest BCUT2D eigenvalue weighted by atomic mass is 32.1. The number of amides is 2. The van der Waals surface area contributed by atoms with Gasteiger partial charge in [0.1, 0.15) is 5.75 Å². The average Bonchev–Trinajstić information content (AvgIpc) is 3.35. The highest BCUT2D eigenvalue weighted by Crippen LogP contribution is 2.30. The average molecular weight is 452 g/mol. The van der Waals surface area contributed by atoms with Gasteiger partial charge in [-0.25, -0.2) is 4.98 Å². The Bertz CT molecular complexity index is 1090. The van der Waals surface area contributed by atoms with Crippen LogP contribution in [0.4, 0.5) is 11.4 Å². The summed E-state index contributed by atoms with van der Waals surface area (Å²) in [5, 5.41) is 3.93. The minimum absolute atomic E-state index is 0.0386. The van der Waals surface area contributed by atoms with Gasteiger partial charge in [0.05, 0.1) is 27.7 Å². The first-order chi connectivity index (χ1) is 15.5. The van der Waals surface area contributed by atoms with Crippen LogP contribution in [0.3, 0.4) is 0 Å². The fourth-order valence-electron chi connectivity index (χ4n) is 3.93. The van der Waals surface area contributed by atoms with E-state index in [-0.39, 0.29) is 24.2 Å². The maximum absolute atomic E-state index is 12.8. The van der Waals surface area contributed by atoms with E-state index >= 15 is 0 Å².